The Kier molecular flexibility index (Phi) is 16.2. The molecule has 14 N–H and O–H groups in total. The molecule has 0 aliphatic heterocycles. The largest absolute Gasteiger partial charge is 0.368 e. The molecule has 6 atom stereocenters. The van der Waals surface area contributed by atoms with Gasteiger partial charge in [0.25, 0.3) is 0 Å². The summed E-state index contributed by atoms with van der Waals surface area (Å²) in [5.74, 6) is -4.01. The summed E-state index contributed by atoms with van der Waals surface area (Å²) in [5.41, 5.74) is 22.9. The van der Waals surface area contributed by atoms with E-state index in [0.29, 0.717) is 30.6 Å². The Morgan fingerprint density at radius 1 is 0.646 bits per heavy atom. The highest BCUT2D eigenvalue weighted by atomic mass is 16.2. The molecule has 0 radical (unpaired) electrons. The molecule has 18 heteroatoms. The molecular weight excluding hydrogens is 829 g/mol. The molecule has 3 heterocycles. The van der Waals surface area contributed by atoms with Gasteiger partial charge >= 0.3 is 0 Å². The smallest absolute Gasteiger partial charge is 0.243 e. The number of carbonyl (C=O) groups excluding carboxylic acids is 6. The van der Waals surface area contributed by atoms with E-state index in [1.807, 2.05) is 61.5 Å². The van der Waals surface area contributed by atoms with Crippen LogP contribution in [0, 0.1) is 6.92 Å². The van der Waals surface area contributed by atoms with Crippen LogP contribution in [0.3, 0.4) is 0 Å². The minimum atomic E-state index is -1.26. The van der Waals surface area contributed by atoms with Crippen LogP contribution < -0.4 is 43.8 Å². The molecule has 0 bridgehead atoms. The average molecular weight is 887 g/mol. The number of nitrogens with two attached hydrogens (primary N) is 3. The third-order valence-electron chi connectivity index (χ3n) is 11.4. The number of imidazole rings is 1. The lowest BCUT2D eigenvalue weighted by Crippen LogP contribution is -2.59. The summed E-state index contributed by atoms with van der Waals surface area (Å²) < 4.78 is 0. The van der Waals surface area contributed by atoms with E-state index < -0.39 is 71.7 Å². The molecule has 0 spiro atoms. The fourth-order valence-electron chi connectivity index (χ4n) is 7.80. The topological polar surface area (TPSA) is 301 Å². The first kappa shape index (κ1) is 47.2. The summed E-state index contributed by atoms with van der Waals surface area (Å²) in [6, 6.07) is 17.3. The van der Waals surface area contributed by atoms with Crippen LogP contribution in [0.25, 0.3) is 21.8 Å². The fraction of sp³-hybridized carbons (Fsp3) is 0.340. The second kappa shape index (κ2) is 22.4. The molecule has 0 saturated heterocycles. The molecule has 6 rings (SSSR count). The lowest BCUT2D eigenvalue weighted by molar-refractivity contribution is -0.134. The van der Waals surface area contributed by atoms with Crippen LogP contribution in [-0.2, 0) is 54.5 Å². The number of carbonyl (C=O) groups is 6. The molecule has 6 aromatic rings. The molecule has 65 heavy (non-hydrogen) atoms. The summed E-state index contributed by atoms with van der Waals surface area (Å²) in [7, 11) is 0. The maximum Gasteiger partial charge on any atom is 0.243 e. The number of primary amides is 1. The van der Waals surface area contributed by atoms with E-state index in [-0.39, 0.29) is 32.1 Å². The number of nitrogens with one attached hydrogen (secondary N) is 8. The maximum absolute atomic E-state index is 14.5. The van der Waals surface area contributed by atoms with Crippen molar-refractivity contribution in [1.82, 2.24) is 46.5 Å². The van der Waals surface area contributed by atoms with Crippen LogP contribution in [0.15, 0.2) is 97.6 Å². The Labute approximate surface area is 376 Å². The van der Waals surface area contributed by atoms with Crippen molar-refractivity contribution in [2.75, 3.05) is 6.54 Å². The minimum Gasteiger partial charge on any atom is -0.368 e. The molecule has 3 aromatic heterocycles. The Morgan fingerprint density at radius 3 is 1.94 bits per heavy atom. The standard InChI is InChI=1S/C47H58N12O6/c1-27-34(33-15-7-9-17-37(33)54-27)23-41(58-44(62)35(49)22-31-25-51-26-53-31)45(63)55-28(2)43(61)57-40(21-30-24-52-36-16-8-6-14-32(30)36)47(65)59-39(20-29-12-4-3-5-13-29)46(64)56-38(42(50)60)18-10-11-19-48/h3-9,12-17,24-26,28,35,38-41,52,54H,10-11,18-23,48-49H2,1-2H3,(H2,50,60)(H,51,53)(H,55,63)(H,56,64)(H,57,61)(H,58,62)(H,59,65)/t28-,35-,38-,39+,40-,41+/m1/s1. The number of hydrogen-bond acceptors (Lipinski definition) is 9. The van der Waals surface area contributed by atoms with Gasteiger partial charge in [-0.2, -0.15) is 0 Å². The third-order valence-corrected chi connectivity index (χ3v) is 11.4. The third kappa shape index (κ3) is 12.7. The Morgan fingerprint density at radius 2 is 1.25 bits per heavy atom. The van der Waals surface area contributed by atoms with Gasteiger partial charge in [-0.3, -0.25) is 28.8 Å². The number of para-hydroxylation sites is 2. The van der Waals surface area contributed by atoms with Gasteiger partial charge in [-0.05, 0) is 68.5 Å². The molecule has 0 fully saturated rings. The summed E-state index contributed by atoms with van der Waals surface area (Å²) >= 11 is 0. The quantitative estimate of drug-likeness (QED) is 0.0413. The molecule has 0 saturated carbocycles. The number of aromatic amines is 3. The molecule has 0 unspecified atom stereocenters. The van der Waals surface area contributed by atoms with Gasteiger partial charge in [-0.1, -0.05) is 66.7 Å². The number of nitrogens with zero attached hydrogens (tertiary/aromatic N) is 1. The number of unbranched alkanes of at least 4 members (excludes halogenated alkanes) is 1. The van der Waals surface area contributed by atoms with Crippen molar-refractivity contribution >= 4 is 57.2 Å². The zero-order valence-corrected chi connectivity index (χ0v) is 36.5. The van der Waals surface area contributed by atoms with Crippen LogP contribution in [0.2, 0.25) is 0 Å². The van der Waals surface area contributed by atoms with E-state index in [2.05, 4.69) is 46.5 Å². The summed E-state index contributed by atoms with van der Waals surface area (Å²) in [5, 5.41) is 15.6. The SMILES string of the molecule is Cc1[nH]c2ccccc2c1C[C@H](NC(=O)[C@H](N)Cc1cnc[nH]1)C(=O)N[C@H](C)C(=O)N[C@H](Cc1c[nH]c2ccccc12)C(=O)N[C@@H](Cc1ccccc1)C(=O)N[C@H](CCCCN)C(N)=O. The first-order valence-electron chi connectivity index (χ1n) is 21.7. The van der Waals surface area contributed by atoms with E-state index in [0.717, 1.165) is 38.6 Å². The predicted octanol–water partition coefficient (Wildman–Crippen LogP) is 1.34. The zero-order valence-electron chi connectivity index (χ0n) is 36.5. The van der Waals surface area contributed by atoms with Crippen molar-refractivity contribution in [3.63, 3.8) is 0 Å². The van der Waals surface area contributed by atoms with Gasteiger partial charge in [0.05, 0.1) is 12.4 Å². The van der Waals surface area contributed by atoms with Crippen LogP contribution in [0.4, 0.5) is 0 Å². The lowest BCUT2D eigenvalue weighted by atomic mass is 10.0. The van der Waals surface area contributed by atoms with Gasteiger partial charge in [0, 0.05) is 71.3 Å². The first-order chi connectivity index (χ1) is 31.3. The summed E-state index contributed by atoms with van der Waals surface area (Å²) in [4.78, 5) is 96.1. The van der Waals surface area contributed by atoms with Crippen LogP contribution >= 0.6 is 0 Å². The molecule has 342 valence electrons. The van der Waals surface area contributed by atoms with Gasteiger partial charge in [0.1, 0.15) is 30.2 Å². The molecule has 0 aliphatic rings. The number of aryl methyl sites for hydroxylation is 1. The highest BCUT2D eigenvalue weighted by Crippen LogP contribution is 2.24. The van der Waals surface area contributed by atoms with Crippen molar-refractivity contribution in [2.45, 2.75) is 95.0 Å². The van der Waals surface area contributed by atoms with Crippen LogP contribution in [0.5, 0.6) is 0 Å². The van der Waals surface area contributed by atoms with Crippen LogP contribution in [-0.4, -0.2) is 98.2 Å². The minimum absolute atomic E-state index is 0.00231. The van der Waals surface area contributed by atoms with Crippen molar-refractivity contribution in [1.29, 1.82) is 0 Å². The highest BCUT2D eigenvalue weighted by Gasteiger charge is 2.33. The number of H-pyrrole nitrogens is 3. The molecule has 18 nitrogen and oxygen atoms in total. The Hall–Kier alpha value is -7.31. The van der Waals surface area contributed by atoms with E-state index in [4.69, 9.17) is 17.2 Å². The number of benzene rings is 3. The van der Waals surface area contributed by atoms with E-state index >= 15 is 0 Å². The second-order valence-electron chi connectivity index (χ2n) is 16.3. The highest BCUT2D eigenvalue weighted by molar-refractivity contribution is 5.97. The zero-order chi connectivity index (χ0) is 46.5. The number of fused-ring (bicyclic) bond motifs is 2. The number of rotatable bonds is 23. The van der Waals surface area contributed by atoms with Gasteiger partial charge < -0.3 is 58.7 Å². The molecule has 0 aliphatic carbocycles. The van der Waals surface area contributed by atoms with Gasteiger partial charge in [0.15, 0.2) is 0 Å². The number of hydrogen-bond donors (Lipinski definition) is 11. The van der Waals surface area contributed by atoms with Gasteiger partial charge in [-0.15, -0.1) is 0 Å². The first-order valence-corrected chi connectivity index (χ1v) is 21.7. The van der Waals surface area contributed by atoms with Gasteiger partial charge in [-0.25, -0.2) is 4.98 Å². The van der Waals surface area contributed by atoms with Gasteiger partial charge in [0.2, 0.25) is 35.4 Å². The predicted molar refractivity (Wildman–Crippen MR) is 247 cm³/mol. The summed E-state index contributed by atoms with van der Waals surface area (Å²) in [6.07, 6.45) is 6.47. The van der Waals surface area contributed by atoms with E-state index in [1.165, 1.54) is 13.3 Å². The number of amides is 6. The molecular formula is C47H58N12O6. The van der Waals surface area contributed by atoms with E-state index in [9.17, 15) is 28.8 Å². The van der Waals surface area contributed by atoms with Crippen molar-refractivity contribution in [3.05, 3.63) is 126 Å². The van der Waals surface area contributed by atoms with Crippen molar-refractivity contribution in [3.8, 4) is 0 Å². The Balaban J connectivity index is 1.23. The Bertz CT molecular complexity index is 2570. The van der Waals surface area contributed by atoms with Crippen molar-refractivity contribution < 1.29 is 28.8 Å². The van der Waals surface area contributed by atoms with Crippen LogP contribution in [0.1, 0.15) is 54.3 Å². The average Bonchev–Trinajstić information content (AvgIpc) is 4.04. The fourth-order valence-corrected chi connectivity index (χ4v) is 7.80. The second-order valence-corrected chi connectivity index (χ2v) is 16.3. The number of aromatic nitrogens is 4. The molecule has 6 amide bonds. The van der Waals surface area contributed by atoms with Crippen molar-refractivity contribution in [2.24, 2.45) is 17.2 Å². The molecule has 3 aromatic carbocycles. The lowest BCUT2D eigenvalue weighted by Gasteiger charge is -2.26. The van der Waals surface area contributed by atoms with E-state index in [1.54, 1.807) is 36.7 Å². The maximum atomic E-state index is 14.5. The summed E-state index contributed by atoms with van der Waals surface area (Å²) in [6.45, 7) is 3.74. The monoisotopic (exact) mass is 886 g/mol. The normalized spacial score (nSPS) is 14.1.